The van der Waals surface area contributed by atoms with Crippen molar-refractivity contribution in [2.24, 2.45) is 12.8 Å². The molecule has 0 bridgehead atoms. The van der Waals surface area contributed by atoms with Gasteiger partial charge in [-0.2, -0.15) is 4.31 Å². The number of nitrogens with two attached hydrogens (primary N) is 1. The largest absolute Gasteiger partial charge is 0.337 e. The highest BCUT2D eigenvalue weighted by Gasteiger charge is 2.25. The van der Waals surface area contributed by atoms with E-state index in [1.165, 1.54) is 19.2 Å². The minimum absolute atomic E-state index is 0.0189. The number of aryl methyl sites for hydroxylation is 1. The van der Waals surface area contributed by atoms with Gasteiger partial charge in [-0.15, -0.1) is 0 Å². The molecule has 0 aliphatic rings. The van der Waals surface area contributed by atoms with Crippen LogP contribution in [0.25, 0.3) is 0 Å². The van der Waals surface area contributed by atoms with E-state index >= 15 is 0 Å². The zero-order valence-corrected chi connectivity index (χ0v) is 12.6. The number of rotatable bonds is 5. The van der Waals surface area contributed by atoms with Crippen LogP contribution in [0.15, 0.2) is 35.5 Å². The van der Waals surface area contributed by atoms with Gasteiger partial charge in [0.1, 0.15) is 11.6 Å². The second-order valence-electron chi connectivity index (χ2n) is 4.67. The molecule has 0 unspecified atom stereocenters. The quantitative estimate of drug-likeness (QED) is 0.887. The van der Waals surface area contributed by atoms with Crippen LogP contribution in [-0.2, 0) is 30.2 Å². The van der Waals surface area contributed by atoms with E-state index in [1.54, 1.807) is 24.0 Å². The number of nitrogens with zero attached hydrogens (tertiary/aromatic N) is 3. The SMILES string of the molecule is CN(Cc1nccn1C)S(=O)(=O)c1cc(F)ccc1CN. The molecule has 0 fully saturated rings. The van der Waals surface area contributed by atoms with Crippen molar-refractivity contribution < 1.29 is 12.8 Å². The van der Waals surface area contributed by atoms with Crippen molar-refractivity contribution in [2.45, 2.75) is 18.0 Å². The van der Waals surface area contributed by atoms with Crippen LogP contribution in [0.3, 0.4) is 0 Å². The van der Waals surface area contributed by atoms with Crippen LogP contribution >= 0.6 is 0 Å². The topological polar surface area (TPSA) is 81.2 Å². The molecule has 21 heavy (non-hydrogen) atoms. The molecule has 1 aromatic heterocycles. The van der Waals surface area contributed by atoms with Crippen LogP contribution in [0, 0.1) is 5.82 Å². The summed E-state index contributed by atoms with van der Waals surface area (Å²) in [4.78, 5) is 3.97. The first-order valence-corrected chi connectivity index (χ1v) is 7.71. The van der Waals surface area contributed by atoms with E-state index in [-0.39, 0.29) is 18.0 Å². The number of sulfonamides is 1. The predicted molar refractivity (Wildman–Crippen MR) is 76.2 cm³/mol. The van der Waals surface area contributed by atoms with Gasteiger partial charge in [0.05, 0.1) is 11.4 Å². The molecule has 0 amide bonds. The molecule has 2 aromatic rings. The van der Waals surface area contributed by atoms with Crippen LogP contribution in [0.4, 0.5) is 4.39 Å². The smallest absolute Gasteiger partial charge is 0.243 e. The Hall–Kier alpha value is -1.77. The Kier molecular flexibility index (Phi) is 4.40. The average Bonchev–Trinajstić information content (AvgIpc) is 2.84. The minimum Gasteiger partial charge on any atom is -0.337 e. The van der Waals surface area contributed by atoms with Gasteiger partial charge in [0.25, 0.3) is 0 Å². The maximum absolute atomic E-state index is 13.4. The average molecular weight is 312 g/mol. The number of halogens is 1. The highest BCUT2D eigenvalue weighted by Crippen LogP contribution is 2.21. The lowest BCUT2D eigenvalue weighted by molar-refractivity contribution is 0.450. The van der Waals surface area contributed by atoms with Crippen molar-refractivity contribution in [3.05, 3.63) is 47.8 Å². The predicted octanol–water partition coefficient (Wildman–Crippen LogP) is 0.839. The molecule has 1 aromatic carbocycles. The number of hydrogen-bond acceptors (Lipinski definition) is 4. The molecule has 0 radical (unpaired) electrons. The number of benzene rings is 1. The van der Waals surface area contributed by atoms with E-state index in [4.69, 9.17) is 5.73 Å². The molecule has 1 heterocycles. The molecule has 0 aliphatic carbocycles. The summed E-state index contributed by atoms with van der Waals surface area (Å²) >= 11 is 0. The van der Waals surface area contributed by atoms with Gasteiger partial charge >= 0.3 is 0 Å². The van der Waals surface area contributed by atoms with Gasteiger partial charge in [0.2, 0.25) is 10.0 Å². The summed E-state index contributed by atoms with van der Waals surface area (Å²) < 4.78 is 41.4. The second kappa shape index (κ2) is 5.92. The number of hydrogen-bond donors (Lipinski definition) is 1. The summed E-state index contributed by atoms with van der Waals surface area (Å²) in [5, 5.41) is 0. The highest BCUT2D eigenvalue weighted by molar-refractivity contribution is 7.89. The van der Waals surface area contributed by atoms with Gasteiger partial charge < -0.3 is 10.3 Å². The van der Waals surface area contributed by atoms with E-state index in [2.05, 4.69) is 4.98 Å². The Labute approximate surface area is 123 Å². The van der Waals surface area contributed by atoms with Gasteiger partial charge in [-0.3, -0.25) is 0 Å². The van der Waals surface area contributed by atoms with Crippen molar-refractivity contribution >= 4 is 10.0 Å². The summed E-state index contributed by atoms with van der Waals surface area (Å²) in [6, 6.07) is 3.57. The van der Waals surface area contributed by atoms with Crippen LogP contribution in [0.5, 0.6) is 0 Å². The summed E-state index contributed by atoms with van der Waals surface area (Å²) in [6.07, 6.45) is 3.31. The maximum Gasteiger partial charge on any atom is 0.243 e. The maximum atomic E-state index is 13.4. The third-order valence-corrected chi connectivity index (χ3v) is 5.11. The zero-order chi connectivity index (χ0) is 15.6. The fourth-order valence-electron chi connectivity index (χ4n) is 1.94. The number of imidazole rings is 1. The molecule has 8 heteroatoms. The Morgan fingerprint density at radius 3 is 2.71 bits per heavy atom. The molecule has 0 saturated carbocycles. The van der Waals surface area contributed by atoms with Crippen molar-refractivity contribution in [3.8, 4) is 0 Å². The van der Waals surface area contributed by atoms with E-state index in [0.29, 0.717) is 11.4 Å². The lowest BCUT2D eigenvalue weighted by atomic mass is 10.2. The second-order valence-corrected chi connectivity index (χ2v) is 6.68. The third kappa shape index (κ3) is 3.12. The Balaban J connectivity index is 2.37. The first-order valence-electron chi connectivity index (χ1n) is 6.27. The zero-order valence-electron chi connectivity index (χ0n) is 11.8. The molecule has 2 N–H and O–H groups in total. The van der Waals surface area contributed by atoms with Gasteiger partial charge in [-0.05, 0) is 17.7 Å². The molecule has 0 spiro atoms. The van der Waals surface area contributed by atoms with Gasteiger partial charge in [0, 0.05) is 33.0 Å². The van der Waals surface area contributed by atoms with Crippen molar-refractivity contribution in [1.29, 1.82) is 0 Å². The van der Waals surface area contributed by atoms with E-state index in [0.717, 1.165) is 10.4 Å². The third-order valence-electron chi connectivity index (χ3n) is 3.22. The van der Waals surface area contributed by atoms with Crippen LogP contribution in [0.2, 0.25) is 0 Å². The van der Waals surface area contributed by atoms with E-state index in [1.807, 2.05) is 0 Å². The van der Waals surface area contributed by atoms with Gasteiger partial charge in [-0.25, -0.2) is 17.8 Å². The van der Waals surface area contributed by atoms with Crippen molar-refractivity contribution in [3.63, 3.8) is 0 Å². The van der Waals surface area contributed by atoms with Crippen molar-refractivity contribution in [1.82, 2.24) is 13.9 Å². The molecule has 114 valence electrons. The standard InChI is InChI=1S/C13H17FN4O2S/c1-17-6-5-16-13(17)9-18(2)21(19,20)12-7-11(14)4-3-10(12)8-15/h3-7H,8-9,15H2,1-2H3. The molecule has 0 saturated heterocycles. The number of aromatic nitrogens is 2. The lowest BCUT2D eigenvalue weighted by Gasteiger charge is -2.18. The first kappa shape index (κ1) is 15.6. The Bertz CT molecular complexity index is 742. The highest BCUT2D eigenvalue weighted by atomic mass is 32.2. The van der Waals surface area contributed by atoms with Gasteiger partial charge in [0.15, 0.2) is 0 Å². The molecular formula is C13H17FN4O2S. The van der Waals surface area contributed by atoms with E-state index < -0.39 is 15.8 Å². The normalized spacial score (nSPS) is 12.0. The minimum atomic E-state index is -3.84. The summed E-state index contributed by atoms with van der Waals surface area (Å²) in [7, 11) is -0.637. The molecule has 2 rings (SSSR count). The molecule has 0 atom stereocenters. The van der Waals surface area contributed by atoms with Crippen molar-refractivity contribution in [2.75, 3.05) is 7.05 Å². The summed E-state index contributed by atoms with van der Waals surface area (Å²) in [5.74, 6) is -0.0251. The molecule has 0 aliphatic heterocycles. The first-order chi connectivity index (χ1) is 9.86. The summed E-state index contributed by atoms with van der Waals surface area (Å²) in [5.41, 5.74) is 5.91. The fraction of sp³-hybridized carbons (Fsp3) is 0.308. The monoisotopic (exact) mass is 312 g/mol. The summed E-state index contributed by atoms with van der Waals surface area (Å²) in [6.45, 7) is 0.109. The van der Waals surface area contributed by atoms with Gasteiger partial charge in [-0.1, -0.05) is 6.07 Å². The Morgan fingerprint density at radius 1 is 1.43 bits per heavy atom. The van der Waals surface area contributed by atoms with E-state index in [9.17, 15) is 12.8 Å². The lowest BCUT2D eigenvalue weighted by Crippen LogP contribution is -2.29. The van der Waals surface area contributed by atoms with Crippen LogP contribution < -0.4 is 5.73 Å². The van der Waals surface area contributed by atoms with Crippen LogP contribution in [-0.4, -0.2) is 29.3 Å². The molecular weight excluding hydrogens is 295 g/mol. The fourth-order valence-corrected chi connectivity index (χ4v) is 3.30. The van der Waals surface area contributed by atoms with Crippen LogP contribution in [0.1, 0.15) is 11.4 Å². The Morgan fingerprint density at radius 2 is 2.14 bits per heavy atom. The molecule has 6 nitrogen and oxygen atoms in total.